The van der Waals surface area contributed by atoms with Gasteiger partial charge in [0.05, 0.1) is 9.79 Å². The second kappa shape index (κ2) is 7.65. The highest BCUT2D eigenvalue weighted by atomic mass is 32.3. The van der Waals surface area contributed by atoms with E-state index >= 15 is 0 Å². The van der Waals surface area contributed by atoms with Crippen LogP contribution < -0.4 is 0 Å². The Balaban J connectivity index is 2.14. The largest absolute Gasteiger partial charge is 0.221 e. The first kappa shape index (κ1) is 18.7. The van der Waals surface area contributed by atoms with Crippen molar-refractivity contribution in [3.05, 3.63) is 91.0 Å². The number of hydrogen-bond donors (Lipinski definition) is 0. The van der Waals surface area contributed by atoms with E-state index in [1.54, 1.807) is 66.7 Å². The van der Waals surface area contributed by atoms with Crippen LogP contribution in [-0.2, 0) is 19.7 Å². The zero-order chi connectivity index (χ0) is 18.6. The van der Waals surface area contributed by atoms with Crippen LogP contribution in [0.25, 0.3) is 0 Å². The lowest BCUT2D eigenvalue weighted by molar-refractivity contribution is 0.586. The van der Waals surface area contributed by atoms with E-state index in [1.165, 1.54) is 24.3 Å². The fraction of sp³-hybridized carbons (Fsp3) is 0.0526. The number of benzene rings is 3. The zero-order valence-corrected chi connectivity index (χ0v) is 16.0. The second-order valence-electron chi connectivity index (χ2n) is 5.44. The molecule has 0 atom stereocenters. The lowest BCUT2D eigenvalue weighted by atomic mass is 10.4. The van der Waals surface area contributed by atoms with Crippen LogP contribution >= 0.6 is 11.8 Å². The summed E-state index contributed by atoms with van der Waals surface area (Å²) in [6.07, 6.45) is 0. The zero-order valence-electron chi connectivity index (χ0n) is 13.6. The van der Waals surface area contributed by atoms with E-state index in [2.05, 4.69) is 0 Å². The third-order valence-electron chi connectivity index (χ3n) is 3.63. The molecule has 0 unspecified atom stereocenters. The van der Waals surface area contributed by atoms with Crippen LogP contribution in [0.3, 0.4) is 0 Å². The Bertz CT molecular complexity index is 994. The molecule has 0 aliphatic heterocycles. The minimum atomic E-state index is -4.13. The first-order valence-electron chi connectivity index (χ1n) is 7.72. The fourth-order valence-electron chi connectivity index (χ4n) is 2.35. The van der Waals surface area contributed by atoms with Gasteiger partial charge in [0.25, 0.3) is 0 Å². The van der Waals surface area contributed by atoms with Gasteiger partial charge >= 0.3 is 0 Å². The van der Waals surface area contributed by atoms with Gasteiger partial charge in [0.15, 0.2) is 0 Å². The molecule has 3 rings (SSSR count). The van der Waals surface area contributed by atoms with Crippen LogP contribution in [0.2, 0.25) is 0 Å². The maximum absolute atomic E-state index is 13.2. The number of thioether (sulfide) groups is 1. The summed E-state index contributed by atoms with van der Waals surface area (Å²) in [6.45, 7) is 0. The summed E-state index contributed by atoms with van der Waals surface area (Å²) in [7, 11) is -8.26. The van der Waals surface area contributed by atoms with Crippen molar-refractivity contribution in [3.63, 3.8) is 0 Å². The Morgan fingerprint density at radius 2 is 0.885 bits per heavy atom. The highest BCUT2D eigenvalue weighted by molar-refractivity contribution is 8.27. The minimum absolute atomic E-state index is 0.0204. The predicted octanol–water partition coefficient (Wildman–Crippen LogP) is 4.01. The van der Waals surface area contributed by atoms with Crippen molar-refractivity contribution in [2.45, 2.75) is 18.6 Å². The normalized spacial score (nSPS) is 12.2. The third kappa shape index (κ3) is 3.85. The Morgan fingerprint density at radius 3 is 1.27 bits per heavy atom. The van der Waals surface area contributed by atoms with E-state index in [4.69, 9.17) is 0 Å². The van der Waals surface area contributed by atoms with Crippen molar-refractivity contribution >= 4 is 31.4 Å². The third-order valence-corrected chi connectivity index (χ3v) is 10.9. The Morgan fingerprint density at radius 1 is 0.538 bits per heavy atom. The van der Waals surface area contributed by atoms with Crippen molar-refractivity contribution in [2.75, 3.05) is 0 Å². The predicted molar refractivity (Wildman–Crippen MR) is 103 cm³/mol. The van der Waals surface area contributed by atoms with Crippen LogP contribution in [-0.4, -0.2) is 20.7 Å². The highest BCUT2D eigenvalue weighted by Crippen LogP contribution is 2.37. The van der Waals surface area contributed by atoms with Gasteiger partial charge in [-0.1, -0.05) is 66.4 Å². The van der Waals surface area contributed by atoms with Gasteiger partial charge in [-0.3, -0.25) is 0 Å². The van der Waals surface area contributed by atoms with Gasteiger partial charge in [0, 0.05) is 4.90 Å². The number of hydrogen-bond acceptors (Lipinski definition) is 5. The van der Waals surface area contributed by atoms with Gasteiger partial charge < -0.3 is 0 Å². The van der Waals surface area contributed by atoms with Crippen molar-refractivity contribution < 1.29 is 16.8 Å². The van der Waals surface area contributed by atoms with E-state index in [-0.39, 0.29) is 9.79 Å². The summed E-state index contributed by atoms with van der Waals surface area (Å²) in [5.74, 6) is 0. The van der Waals surface area contributed by atoms with Crippen LogP contribution in [0.15, 0.2) is 106 Å². The van der Waals surface area contributed by atoms with Gasteiger partial charge in [-0.25, -0.2) is 16.8 Å². The molecule has 0 bridgehead atoms. The van der Waals surface area contributed by atoms with Crippen LogP contribution in [0.5, 0.6) is 0 Å². The molecule has 0 amide bonds. The summed E-state index contributed by atoms with van der Waals surface area (Å²) >= 11 is 0.816. The van der Waals surface area contributed by atoms with Gasteiger partial charge in [-0.2, -0.15) is 0 Å². The van der Waals surface area contributed by atoms with Crippen LogP contribution in [0, 0.1) is 0 Å². The van der Waals surface area contributed by atoms with Crippen molar-refractivity contribution in [2.24, 2.45) is 0 Å². The van der Waals surface area contributed by atoms with E-state index in [0.29, 0.717) is 4.90 Å². The Hall–Kier alpha value is -2.09. The van der Waals surface area contributed by atoms with Crippen molar-refractivity contribution in [3.8, 4) is 0 Å². The summed E-state index contributed by atoms with van der Waals surface area (Å²) in [5, 5.41) is 0. The van der Waals surface area contributed by atoms with Gasteiger partial charge in [-0.05, 0) is 36.4 Å². The van der Waals surface area contributed by atoms with E-state index in [1.807, 2.05) is 0 Å². The first-order chi connectivity index (χ1) is 12.4. The number of rotatable bonds is 6. The molecule has 3 aromatic rings. The molecule has 0 heterocycles. The molecule has 7 heteroatoms. The Labute approximate surface area is 157 Å². The molecule has 134 valence electrons. The van der Waals surface area contributed by atoms with Crippen LogP contribution in [0.1, 0.15) is 0 Å². The highest BCUT2D eigenvalue weighted by Gasteiger charge is 2.40. The average molecular weight is 405 g/mol. The molecule has 4 nitrogen and oxygen atoms in total. The van der Waals surface area contributed by atoms with E-state index < -0.39 is 23.6 Å². The van der Waals surface area contributed by atoms with Crippen molar-refractivity contribution in [1.29, 1.82) is 0 Å². The molecule has 0 fully saturated rings. The molecule has 26 heavy (non-hydrogen) atoms. The molecule has 0 radical (unpaired) electrons. The fourth-order valence-corrected chi connectivity index (χ4v) is 8.75. The molecular weight excluding hydrogens is 388 g/mol. The summed E-state index contributed by atoms with van der Waals surface area (Å²) in [4.78, 5) is 0.525. The van der Waals surface area contributed by atoms with E-state index in [9.17, 15) is 16.8 Å². The molecule has 0 aromatic heterocycles. The topological polar surface area (TPSA) is 68.3 Å². The van der Waals surface area contributed by atoms with Gasteiger partial charge in [0.1, 0.15) is 0 Å². The molecule has 0 aliphatic rings. The Kier molecular flexibility index (Phi) is 5.50. The lowest BCUT2D eigenvalue weighted by Crippen LogP contribution is -2.28. The second-order valence-corrected chi connectivity index (χ2v) is 11.6. The summed E-state index contributed by atoms with van der Waals surface area (Å²) in [6, 6.07) is 24.0. The van der Waals surface area contributed by atoms with Crippen LogP contribution in [0.4, 0.5) is 0 Å². The first-order valence-corrected chi connectivity index (χ1v) is 11.7. The maximum atomic E-state index is 13.2. The molecule has 0 spiro atoms. The average Bonchev–Trinajstić information content (AvgIpc) is 2.68. The molecular formula is C19H16O4S3. The molecule has 0 N–H and O–H groups in total. The standard InChI is InChI=1S/C19H16O4S3/c20-25(21,17-12-6-2-7-13-17)19(24-16-10-4-1-5-11-16)26(22,23)18-14-8-3-9-15-18/h1-15,19H. The SMILES string of the molecule is O=S(=O)(c1ccccc1)C(Sc1ccccc1)S(=O)(=O)c1ccccc1. The summed E-state index contributed by atoms with van der Waals surface area (Å²) in [5.41, 5.74) is 0. The van der Waals surface area contributed by atoms with Crippen molar-refractivity contribution in [1.82, 2.24) is 0 Å². The quantitative estimate of drug-likeness (QED) is 0.581. The minimum Gasteiger partial charge on any atom is -0.221 e. The molecule has 0 saturated heterocycles. The van der Waals surface area contributed by atoms with E-state index in [0.717, 1.165) is 11.8 Å². The molecule has 3 aromatic carbocycles. The lowest BCUT2D eigenvalue weighted by Gasteiger charge is -2.18. The monoisotopic (exact) mass is 404 g/mol. The van der Waals surface area contributed by atoms with Gasteiger partial charge in [0.2, 0.25) is 23.6 Å². The maximum Gasteiger partial charge on any atom is 0.221 e. The number of sulfone groups is 2. The smallest absolute Gasteiger partial charge is 0.221 e. The molecule has 0 aliphatic carbocycles. The molecule has 0 saturated carbocycles. The van der Waals surface area contributed by atoms with Gasteiger partial charge in [-0.15, -0.1) is 0 Å². The summed E-state index contributed by atoms with van der Waals surface area (Å²) < 4.78 is 50.9.